The van der Waals surface area contributed by atoms with Crippen LogP contribution < -0.4 is 10.2 Å². The molecule has 0 spiro atoms. The standard InChI is InChI=1S/C17H22FN5O/c1-13-12-15(21-20-13)17(24)19-6-7-22-8-10-23(11-9-22)16-5-3-2-4-14(16)18/h2-5,12H,6-11H2,1H3,(H,19,24)(H,20,21). The average Bonchev–Trinajstić information content (AvgIpc) is 3.03. The van der Waals surface area contributed by atoms with E-state index in [2.05, 4.69) is 25.3 Å². The number of nitrogens with zero attached hydrogens (tertiary/aromatic N) is 3. The molecule has 2 N–H and O–H groups in total. The third kappa shape index (κ3) is 3.91. The Morgan fingerprint density at radius 1 is 1.29 bits per heavy atom. The lowest BCUT2D eigenvalue weighted by atomic mass is 10.2. The van der Waals surface area contributed by atoms with E-state index in [4.69, 9.17) is 0 Å². The molecule has 24 heavy (non-hydrogen) atoms. The number of nitrogens with one attached hydrogen (secondary N) is 2. The number of piperazine rings is 1. The van der Waals surface area contributed by atoms with Crippen molar-refractivity contribution in [1.29, 1.82) is 0 Å². The van der Waals surface area contributed by atoms with Crippen LogP contribution in [-0.2, 0) is 0 Å². The van der Waals surface area contributed by atoms with E-state index < -0.39 is 0 Å². The Bertz CT molecular complexity index is 694. The zero-order valence-electron chi connectivity index (χ0n) is 13.8. The highest BCUT2D eigenvalue weighted by Gasteiger charge is 2.19. The van der Waals surface area contributed by atoms with E-state index in [0.717, 1.165) is 38.4 Å². The normalized spacial score (nSPS) is 15.5. The highest BCUT2D eigenvalue weighted by atomic mass is 19.1. The number of benzene rings is 1. The maximum atomic E-state index is 13.8. The topological polar surface area (TPSA) is 64.3 Å². The van der Waals surface area contributed by atoms with E-state index in [1.54, 1.807) is 12.1 Å². The van der Waals surface area contributed by atoms with Crippen molar-refractivity contribution >= 4 is 11.6 Å². The second-order valence-electron chi connectivity index (χ2n) is 5.97. The highest BCUT2D eigenvalue weighted by molar-refractivity contribution is 5.92. The number of hydrogen-bond donors (Lipinski definition) is 2. The molecule has 1 aromatic heterocycles. The molecule has 0 radical (unpaired) electrons. The first-order chi connectivity index (χ1) is 11.6. The molecule has 0 unspecified atom stereocenters. The number of carbonyl (C=O) groups excluding carboxylic acids is 1. The quantitative estimate of drug-likeness (QED) is 0.869. The van der Waals surface area contributed by atoms with Crippen molar-refractivity contribution in [3.05, 3.63) is 47.5 Å². The first-order valence-corrected chi connectivity index (χ1v) is 8.15. The molecule has 1 aliphatic rings. The minimum atomic E-state index is -0.174. The fraction of sp³-hybridized carbons (Fsp3) is 0.412. The molecule has 1 saturated heterocycles. The summed E-state index contributed by atoms with van der Waals surface area (Å²) in [7, 11) is 0. The van der Waals surface area contributed by atoms with Crippen molar-refractivity contribution in [1.82, 2.24) is 20.4 Å². The van der Waals surface area contributed by atoms with Gasteiger partial charge in [-0.1, -0.05) is 12.1 Å². The Kier molecular flexibility index (Phi) is 5.10. The van der Waals surface area contributed by atoms with Gasteiger partial charge in [-0.15, -0.1) is 0 Å². The largest absolute Gasteiger partial charge is 0.367 e. The van der Waals surface area contributed by atoms with Gasteiger partial charge in [-0.05, 0) is 25.1 Å². The molecule has 0 saturated carbocycles. The number of para-hydroxylation sites is 1. The Labute approximate surface area is 140 Å². The third-order valence-electron chi connectivity index (χ3n) is 4.22. The maximum Gasteiger partial charge on any atom is 0.271 e. The molecular weight excluding hydrogens is 309 g/mol. The van der Waals surface area contributed by atoms with Gasteiger partial charge in [0.2, 0.25) is 0 Å². The zero-order valence-corrected chi connectivity index (χ0v) is 13.8. The van der Waals surface area contributed by atoms with Crippen molar-refractivity contribution in [3.8, 4) is 0 Å². The van der Waals surface area contributed by atoms with E-state index in [0.29, 0.717) is 17.9 Å². The van der Waals surface area contributed by atoms with Crippen molar-refractivity contribution < 1.29 is 9.18 Å². The molecule has 1 aliphatic heterocycles. The zero-order chi connectivity index (χ0) is 16.9. The predicted molar refractivity (Wildman–Crippen MR) is 90.7 cm³/mol. The lowest BCUT2D eigenvalue weighted by Gasteiger charge is -2.36. The highest BCUT2D eigenvalue weighted by Crippen LogP contribution is 2.19. The molecule has 6 nitrogen and oxygen atoms in total. The molecule has 2 heterocycles. The summed E-state index contributed by atoms with van der Waals surface area (Å²) >= 11 is 0. The second kappa shape index (κ2) is 7.44. The molecular formula is C17H22FN5O. The van der Waals surface area contributed by atoms with Crippen molar-refractivity contribution in [3.63, 3.8) is 0 Å². The van der Waals surface area contributed by atoms with Gasteiger partial charge in [-0.2, -0.15) is 5.10 Å². The molecule has 1 fully saturated rings. The van der Waals surface area contributed by atoms with Crippen LogP contribution in [0, 0.1) is 12.7 Å². The van der Waals surface area contributed by atoms with E-state index in [1.165, 1.54) is 6.07 Å². The fourth-order valence-electron chi connectivity index (χ4n) is 2.87. The van der Waals surface area contributed by atoms with Gasteiger partial charge in [-0.25, -0.2) is 4.39 Å². The summed E-state index contributed by atoms with van der Waals surface area (Å²) in [6.45, 7) is 6.49. The maximum absolute atomic E-state index is 13.8. The van der Waals surface area contributed by atoms with Gasteiger partial charge >= 0.3 is 0 Å². The van der Waals surface area contributed by atoms with Gasteiger partial charge in [-0.3, -0.25) is 14.8 Å². The average molecular weight is 331 g/mol. The summed E-state index contributed by atoms with van der Waals surface area (Å²) in [6, 6.07) is 8.60. The lowest BCUT2D eigenvalue weighted by Crippen LogP contribution is -2.48. The van der Waals surface area contributed by atoms with Gasteiger partial charge in [0, 0.05) is 45.0 Å². The van der Waals surface area contributed by atoms with Crippen LogP contribution in [0.5, 0.6) is 0 Å². The number of anilines is 1. The van der Waals surface area contributed by atoms with Crippen LogP contribution in [0.15, 0.2) is 30.3 Å². The summed E-state index contributed by atoms with van der Waals surface area (Å²) in [5.41, 5.74) is 1.95. The summed E-state index contributed by atoms with van der Waals surface area (Å²) < 4.78 is 13.8. The van der Waals surface area contributed by atoms with Crippen LogP contribution in [0.4, 0.5) is 10.1 Å². The van der Waals surface area contributed by atoms with Crippen LogP contribution in [0.2, 0.25) is 0 Å². The summed E-state index contributed by atoms with van der Waals surface area (Å²) in [5, 5.41) is 9.57. The van der Waals surface area contributed by atoms with Gasteiger partial charge in [0.15, 0.2) is 0 Å². The lowest BCUT2D eigenvalue weighted by molar-refractivity contribution is 0.0942. The van der Waals surface area contributed by atoms with E-state index in [9.17, 15) is 9.18 Å². The monoisotopic (exact) mass is 331 g/mol. The molecule has 3 rings (SSSR count). The van der Waals surface area contributed by atoms with Crippen LogP contribution in [0.3, 0.4) is 0 Å². The summed E-state index contributed by atoms with van der Waals surface area (Å²) in [6.07, 6.45) is 0. The number of halogens is 1. The van der Waals surface area contributed by atoms with Crippen molar-refractivity contribution in [2.75, 3.05) is 44.2 Å². The van der Waals surface area contributed by atoms with Gasteiger partial charge in [0.25, 0.3) is 5.91 Å². The number of aromatic nitrogens is 2. The minimum Gasteiger partial charge on any atom is -0.367 e. The SMILES string of the molecule is Cc1cc(C(=O)NCCN2CCN(c3ccccc3F)CC2)n[nH]1. The Morgan fingerprint density at radius 3 is 2.71 bits per heavy atom. The number of amides is 1. The van der Waals surface area contributed by atoms with Gasteiger partial charge in [0.1, 0.15) is 11.5 Å². The Morgan fingerprint density at radius 2 is 2.04 bits per heavy atom. The number of carbonyl (C=O) groups is 1. The smallest absolute Gasteiger partial charge is 0.271 e. The summed E-state index contributed by atoms with van der Waals surface area (Å²) in [5.74, 6) is -0.336. The van der Waals surface area contributed by atoms with Crippen LogP contribution in [0.25, 0.3) is 0 Å². The van der Waals surface area contributed by atoms with Crippen molar-refractivity contribution in [2.45, 2.75) is 6.92 Å². The number of hydrogen-bond acceptors (Lipinski definition) is 4. The fourth-order valence-corrected chi connectivity index (χ4v) is 2.87. The van der Waals surface area contributed by atoms with E-state index >= 15 is 0 Å². The first kappa shape index (κ1) is 16.4. The third-order valence-corrected chi connectivity index (χ3v) is 4.22. The van der Waals surface area contributed by atoms with Gasteiger partial charge < -0.3 is 10.2 Å². The number of rotatable bonds is 5. The molecule has 0 atom stereocenters. The molecule has 1 amide bonds. The second-order valence-corrected chi connectivity index (χ2v) is 5.97. The number of aryl methyl sites for hydroxylation is 1. The molecule has 0 bridgehead atoms. The predicted octanol–water partition coefficient (Wildman–Crippen LogP) is 1.41. The number of aromatic amines is 1. The molecule has 1 aromatic carbocycles. The van der Waals surface area contributed by atoms with Crippen molar-refractivity contribution in [2.24, 2.45) is 0 Å². The first-order valence-electron chi connectivity index (χ1n) is 8.15. The van der Waals surface area contributed by atoms with E-state index in [-0.39, 0.29) is 11.7 Å². The number of H-pyrrole nitrogens is 1. The Hall–Kier alpha value is -2.41. The molecule has 7 heteroatoms. The van der Waals surface area contributed by atoms with Crippen LogP contribution in [-0.4, -0.2) is 60.3 Å². The van der Waals surface area contributed by atoms with Gasteiger partial charge in [0.05, 0.1) is 5.69 Å². The minimum absolute atomic E-state index is 0.163. The van der Waals surface area contributed by atoms with E-state index in [1.807, 2.05) is 19.1 Å². The van der Waals surface area contributed by atoms with Crippen LogP contribution in [0.1, 0.15) is 16.2 Å². The van der Waals surface area contributed by atoms with Crippen LogP contribution >= 0.6 is 0 Å². The molecule has 0 aliphatic carbocycles. The Balaban J connectivity index is 1.41. The molecule has 2 aromatic rings. The molecule has 128 valence electrons. The summed E-state index contributed by atoms with van der Waals surface area (Å²) in [4.78, 5) is 16.2.